The van der Waals surface area contributed by atoms with Gasteiger partial charge in [0.25, 0.3) is 0 Å². The van der Waals surface area contributed by atoms with Gasteiger partial charge in [0.2, 0.25) is 23.6 Å². The van der Waals surface area contributed by atoms with Crippen LogP contribution < -0.4 is 26.8 Å². The number of rotatable bonds is 22. The topological polar surface area (TPSA) is 227 Å². The summed E-state index contributed by atoms with van der Waals surface area (Å²) >= 11 is 0. The summed E-state index contributed by atoms with van der Waals surface area (Å²) in [7, 11) is 0.104. The summed E-state index contributed by atoms with van der Waals surface area (Å²) in [6.07, 6.45) is 2.47. The van der Waals surface area contributed by atoms with Gasteiger partial charge in [-0.3, -0.25) is 33.5 Å². The summed E-state index contributed by atoms with van der Waals surface area (Å²) in [5.74, 6) is -2.49. The number of nitrogens with zero attached hydrogens (tertiary/aromatic N) is 1. The summed E-state index contributed by atoms with van der Waals surface area (Å²) in [5.41, 5.74) is 14.0. The Hall–Kier alpha value is -4.38. The minimum Gasteiger partial charge on any atom is -0.469 e. The van der Waals surface area contributed by atoms with Crippen molar-refractivity contribution in [3.63, 3.8) is 0 Å². The molecule has 0 spiro atoms. The molecule has 2 aromatic rings. The summed E-state index contributed by atoms with van der Waals surface area (Å²) in [6, 6.07) is 10.7. The number of halogens is 1. The van der Waals surface area contributed by atoms with Gasteiger partial charge >= 0.3 is 12.1 Å². The van der Waals surface area contributed by atoms with Crippen LogP contribution in [0.25, 0.3) is 0 Å². The van der Waals surface area contributed by atoms with Gasteiger partial charge in [-0.1, -0.05) is 83.5 Å². The smallest absolute Gasteiger partial charge is 0.469 e. The van der Waals surface area contributed by atoms with E-state index in [1.54, 1.807) is 42.5 Å². The maximum atomic E-state index is 14.0. The number of methoxy groups -OCH3 is 1. The van der Waals surface area contributed by atoms with Crippen molar-refractivity contribution in [2.24, 2.45) is 17.4 Å². The standard InChI is InChI=1S/C41H61N5O10S.ClH/c1-27(2)26-55-40(52)56-34-18-17-29(22-30(34)41(3,4)5)23-32(43)37(49)44-25-35(47)46(20-13-9-12-16-36(48)54-6)33(24-28-14-10-8-11-15-28)39(51)45-38(50)31(42)19-21-57(7)53;/h8,10-11,14-15,17-18,22,27,31-33H,9,12-13,16,19-21,23-26,42-43H2,1-7H3,(H,44,49)(H,45,50,51);1H/t31?,32-,33-,57?;/m0./s1. The predicted molar refractivity (Wildman–Crippen MR) is 225 cm³/mol. The van der Waals surface area contributed by atoms with Crippen molar-refractivity contribution in [2.45, 2.75) is 103 Å². The van der Waals surface area contributed by atoms with Crippen LogP contribution in [0, 0.1) is 5.92 Å². The molecule has 6 N–H and O–H groups in total. The molecule has 0 bridgehead atoms. The number of hydrogen-bond acceptors (Lipinski definition) is 12. The van der Waals surface area contributed by atoms with E-state index in [-0.39, 0.29) is 68.9 Å². The molecule has 0 heterocycles. The number of hydrogen-bond donors (Lipinski definition) is 4. The van der Waals surface area contributed by atoms with Crippen molar-refractivity contribution in [1.82, 2.24) is 15.5 Å². The van der Waals surface area contributed by atoms with E-state index < -0.39 is 70.7 Å². The molecule has 324 valence electrons. The zero-order valence-electron chi connectivity index (χ0n) is 34.7. The number of imide groups is 1. The highest BCUT2D eigenvalue weighted by Gasteiger charge is 2.32. The van der Waals surface area contributed by atoms with Gasteiger partial charge in [0.1, 0.15) is 11.8 Å². The summed E-state index contributed by atoms with van der Waals surface area (Å²) in [5, 5.41) is 4.94. The monoisotopic (exact) mass is 851 g/mol. The van der Waals surface area contributed by atoms with Crippen LogP contribution in [0.5, 0.6) is 5.75 Å². The molecule has 0 saturated heterocycles. The third kappa shape index (κ3) is 18.9. The van der Waals surface area contributed by atoms with E-state index in [1.807, 2.05) is 40.7 Å². The van der Waals surface area contributed by atoms with Crippen molar-refractivity contribution in [3.05, 3.63) is 65.2 Å². The molecule has 0 aliphatic rings. The predicted octanol–water partition coefficient (Wildman–Crippen LogP) is 3.48. The average molecular weight is 852 g/mol. The fraction of sp³-hybridized carbons (Fsp3) is 0.561. The molecular weight excluding hydrogens is 790 g/mol. The van der Waals surface area contributed by atoms with Crippen LogP contribution in [0.1, 0.15) is 83.4 Å². The highest BCUT2D eigenvalue weighted by atomic mass is 35.5. The van der Waals surface area contributed by atoms with Gasteiger partial charge in [-0.25, -0.2) is 4.79 Å². The van der Waals surface area contributed by atoms with Crippen LogP contribution in [-0.4, -0.2) is 102 Å². The van der Waals surface area contributed by atoms with Crippen molar-refractivity contribution in [3.8, 4) is 5.75 Å². The van der Waals surface area contributed by atoms with E-state index in [9.17, 15) is 33.0 Å². The number of esters is 1. The number of nitrogens with two attached hydrogens (primary N) is 2. The van der Waals surface area contributed by atoms with E-state index in [2.05, 4.69) is 10.6 Å². The number of amides is 4. The number of unbranched alkanes of at least 4 members (excludes halogenated alkanes) is 2. The maximum Gasteiger partial charge on any atom is 0.513 e. The molecule has 0 aromatic heterocycles. The fourth-order valence-corrected chi connectivity index (χ4v) is 6.25. The van der Waals surface area contributed by atoms with E-state index in [1.165, 1.54) is 18.3 Å². The summed E-state index contributed by atoms with van der Waals surface area (Å²) < 4.78 is 27.0. The quantitative estimate of drug-likeness (QED) is 0.0759. The molecule has 0 aliphatic heterocycles. The lowest BCUT2D eigenvalue weighted by Crippen LogP contribution is -2.56. The number of carbonyl (C=O) groups is 6. The Kier molecular flexibility index (Phi) is 23.0. The molecule has 0 fully saturated rings. The molecule has 0 aliphatic carbocycles. The molecule has 0 saturated carbocycles. The summed E-state index contributed by atoms with van der Waals surface area (Å²) in [4.78, 5) is 79.3. The van der Waals surface area contributed by atoms with Gasteiger partial charge in [-0.05, 0) is 54.2 Å². The first-order chi connectivity index (χ1) is 26.8. The molecule has 17 heteroatoms. The highest BCUT2D eigenvalue weighted by Crippen LogP contribution is 2.33. The van der Waals surface area contributed by atoms with Crippen molar-refractivity contribution in [2.75, 3.05) is 38.8 Å². The second-order valence-corrected chi connectivity index (χ2v) is 16.9. The number of ether oxygens (including phenoxy) is 3. The number of carbonyl (C=O) groups excluding carboxylic acids is 6. The van der Waals surface area contributed by atoms with Crippen LogP contribution in [0.3, 0.4) is 0 Å². The minimum absolute atomic E-state index is 0. The highest BCUT2D eigenvalue weighted by molar-refractivity contribution is 7.84. The van der Waals surface area contributed by atoms with Crippen molar-refractivity contribution in [1.29, 1.82) is 0 Å². The molecule has 2 unspecified atom stereocenters. The van der Waals surface area contributed by atoms with Gasteiger partial charge in [-0.2, -0.15) is 0 Å². The Labute approximate surface area is 350 Å². The first-order valence-electron chi connectivity index (χ1n) is 19.1. The second-order valence-electron chi connectivity index (χ2n) is 15.4. The molecule has 4 atom stereocenters. The van der Waals surface area contributed by atoms with Crippen molar-refractivity contribution < 1.29 is 47.2 Å². The van der Waals surface area contributed by atoms with Crippen LogP contribution in [0.4, 0.5) is 4.79 Å². The lowest BCUT2D eigenvalue weighted by molar-refractivity contribution is -0.143. The van der Waals surface area contributed by atoms with Crippen LogP contribution in [0.15, 0.2) is 48.5 Å². The lowest BCUT2D eigenvalue weighted by atomic mass is 9.84. The first kappa shape index (κ1) is 51.6. The Morgan fingerprint density at radius 2 is 1.53 bits per heavy atom. The fourth-order valence-electron chi connectivity index (χ4n) is 5.66. The molecule has 58 heavy (non-hydrogen) atoms. The zero-order chi connectivity index (χ0) is 42.7. The molecule has 2 rings (SSSR count). The molecule has 4 amide bonds. The van der Waals surface area contributed by atoms with E-state index in [4.69, 9.17) is 25.7 Å². The van der Waals surface area contributed by atoms with E-state index >= 15 is 0 Å². The minimum atomic E-state index is -1.20. The van der Waals surface area contributed by atoms with Gasteiger partial charge < -0.3 is 35.9 Å². The van der Waals surface area contributed by atoms with Crippen LogP contribution in [0.2, 0.25) is 0 Å². The molecule has 0 radical (unpaired) electrons. The Bertz CT molecular complexity index is 1690. The zero-order valence-corrected chi connectivity index (χ0v) is 36.3. The van der Waals surface area contributed by atoms with Crippen molar-refractivity contribution >= 4 is 59.0 Å². The van der Waals surface area contributed by atoms with Gasteiger partial charge in [-0.15, -0.1) is 12.4 Å². The number of benzene rings is 2. The molecule has 2 aromatic carbocycles. The van der Waals surface area contributed by atoms with Crippen LogP contribution >= 0.6 is 12.4 Å². The third-order valence-electron chi connectivity index (χ3n) is 8.86. The second kappa shape index (κ2) is 25.9. The Morgan fingerprint density at radius 1 is 0.862 bits per heavy atom. The normalized spacial score (nSPS) is 13.2. The largest absolute Gasteiger partial charge is 0.513 e. The Balaban J connectivity index is 0.0000168. The third-order valence-corrected chi connectivity index (χ3v) is 9.67. The maximum absolute atomic E-state index is 14.0. The SMILES string of the molecule is COC(=O)CCCCCN(C(=O)CNC(=O)[C@@H](N)Cc1ccc(OC(=O)OCC(C)C)c(C(C)(C)C)c1)[C@@H](Cc1ccccc1)C(=O)NC(=O)C(N)CCS(C)=O.Cl. The summed E-state index contributed by atoms with van der Waals surface area (Å²) in [6.45, 7) is 9.46. The molecule has 15 nitrogen and oxygen atoms in total. The van der Waals surface area contributed by atoms with E-state index in [0.29, 0.717) is 41.7 Å². The average Bonchev–Trinajstić information content (AvgIpc) is 3.15. The van der Waals surface area contributed by atoms with Gasteiger partial charge in [0, 0.05) is 47.8 Å². The number of nitrogens with one attached hydrogen (secondary N) is 2. The van der Waals surface area contributed by atoms with Gasteiger partial charge in [0.15, 0.2) is 0 Å². The lowest BCUT2D eigenvalue weighted by Gasteiger charge is -2.31. The molecular formula is C41H62ClN5O10S. The Morgan fingerprint density at radius 3 is 2.14 bits per heavy atom. The van der Waals surface area contributed by atoms with Gasteiger partial charge in [0.05, 0.1) is 32.3 Å². The first-order valence-corrected chi connectivity index (χ1v) is 20.9. The van der Waals surface area contributed by atoms with E-state index in [0.717, 1.165) is 0 Å². The van der Waals surface area contributed by atoms with Crippen LogP contribution in [-0.2, 0) is 62.5 Å².